The maximum atomic E-state index is 12.2. The summed E-state index contributed by atoms with van der Waals surface area (Å²) in [5, 5.41) is 0. The Balaban J connectivity index is 1.75. The number of amides is 1. The van der Waals surface area contributed by atoms with E-state index >= 15 is 0 Å². The Labute approximate surface area is 140 Å². The Kier molecular flexibility index (Phi) is 4.79. The third kappa shape index (κ3) is 4.16. The number of carbonyl (C=O) groups excluding carboxylic acids is 1. The predicted octanol–water partition coefficient (Wildman–Crippen LogP) is 1.44. The van der Waals surface area contributed by atoms with Crippen LogP contribution in [-0.2, 0) is 18.6 Å². The number of hydrogen-bond donors (Lipinski definition) is 0. The summed E-state index contributed by atoms with van der Waals surface area (Å²) in [5.41, 5.74) is 1.85. The maximum absolute atomic E-state index is 12.2. The van der Waals surface area contributed by atoms with Crippen LogP contribution in [0.4, 0.5) is 11.4 Å². The van der Waals surface area contributed by atoms with Crippen LogP contribution in [0.1, 0.15) is 6.42 Å². The molecule has 0 radical (unpaired) electrons. The first-order valence-corrected chi connectivity index (χ1v) is 10.1. The molecule has 1 amide bonds. The van der Waals surface area contributed by atoms with Crippen LogP contribution in [0.5, 0.6) is 0 Å². The average molecular weight is 359 g/mol. The van der Waals surface area contributed by atoms with Gasteiger partial charge in [0.1, 0.15) is 0 Å². The minimum atomic E-state index is -3.59. The monoisotopic (exact) mass is 358 g/mol. The summed E-state index contributed by atoms with van der Waals surface area (Å²) in [4.78, 5) is 16.1. The number of anilines is 2. The van der Waals surface area contributed by atoms with Gasteiger partial charge in [-0.3, -0.25) is 4.79 Å². The van der Waals surface area contributed by atoms with Crippen LogP contribution in [0.2, 0.25) is 0 Å². The fourth-order valence-electron chi connectivity index (χ4n) is 3.10. The van der Waals surface area contributed by atoms with Gasteiger partial charge >= 0.3 is 0 Å². The van der Waals surface area contributed by atoms with Gasteiger partial charge in [0.05, 0.1) is 19.0 Å². The second-order valence-electron chi connectivity index (χ2n) is 5.90. The molecule has 1 atom stereocenters. The van der Waals surface area contributed by atoms with E-state index in [2.05, 4.69) is 4.90 Å². The van der Waals surface area contributed by atoms with Crippen molar-refractivity contribution in [3.8, 4) is 0 Å². The molecule has 2 saturated heterocycles. The SMILES string of the molecule is O=C1CC(CS(=O)(=O)Cl)CN1c1cccc(N2CCOCC2)c1. The fourth-order valence-corrected chi connectivity index (χ4v) is 4.42. The van der Waals surface area contributed by atoms with Gasteiger partial charge in [0.2, 0.25) is 15.0 Å². The molecular formula is C15H19ClN2O4S. The van der Waals surface area contributed by atoms with E-state index in [1.54, 1.807) is 4.90 Å². The highest BCUT2D eigenvalue weighted by Gasteiger charge is 2.33. The third-order valence-corrected chi connectivity index (χ3v) is 5.41. The molecule has 0 N–H and O–H groups in total. The average Bonchev–Trinajstić information content (AvgIpc) is 2.87. The predicted molar refractivity (Wildman–Crippen MR) is 89.6 cm³/mol. The quantitative estimate of drug-likeness (QED) is 0.762. The van der Waals surface area contributed by atoms with E-state index in [1.165, 1.54) is 0 Å². The van der Waals surface area contributed by atoms with Crippen molar-refractivity contribution < 1.29 is 17.9 Å². The fraction of sp³-hybridized carbons (Fsp3) is 0.533. The van der Waals surface area contributed by atoms with Crippen LogP contribution in [-0.4, -0.2) is 52.9 Å². The highest BCUT2D eigenvalue weighted by atomic mass is 35.7. The molecule has 126 valence electrons. The first-order valence-electron chi connectivity index (χ1n) is 7.58. The summed E-state index contributed by atoms with van der Waals surface area (Å²) in [5.74, 6) is -0.480. The number of carbonyl (C=O) groups is 1. The van der Waals surface area contributed by atoms with Crippen LogP contribution in [0.15, 0.2) is 24.3 Å². The van der Waals surface area contributed by atoms with Gasteiger partial charge < -0.3 is 14.5 Å². The first kappa shape index (κ1) is 16.5. The second kappa shape index (κ2) is 6.67. The number of ether oxygens (including phenoxy) is 1. The molecule has 2 fully saturated rings. The molecule has 23 heavy (non-hydrogen) atoms. The van der Waals surface area contributed by atoms with E-state index in [9.17, 15) is 13.2 Å². The third-order valence-electron chi connectivity index (χ3n) is 4.16. The van der Waals surface area contributed by atoms with Gasteiger partial charge in [0.25, 0.3) is 0 Å². The van der Waals surface area contributed by atoms with Crippen LogP contribution in [0.3, 0.4) is 0 Å². The standard InChI is InChI=1S/C15H19ClN2O4S/c16-23(20,21)11-12-8-15(19)18(10-12)14-3-1-2-13(9-14)17-4-6-22-7-5-17/h1-3,9,12H,4-8,10-11H2. The zero-order valence-corrected chi connectivity index (χ0v) is 14.2. The van der Waals surface area contributed by atoms with E-state index < -0.39 is 9.05 Å². The molecule has 1 aromatic carbocycles. The summed E-state index contributed by atoms with van der Waals surface area (Å²) in [6.07, 6.45) is 0.216. The zero-order valence-electron chi connectivity index (χ0n) is 12.7. The lowest BCUT2D eigenvalue weighted by Crippen LogP contribution is -2.36. The molecule has 0 spiro atoms. The lowest BCUT2D eigenvalue weighted by atomic mass is 10.1. The largest absolute Gasteiger partial charge is 0.378 e. The molecule has 3 rings (SSSR count). The number of halogens is 1. The summed E-state index contributed by atoms with van der Waals surface area (Å²) in [6.45, 7) is 3.43. The Morgan fingerprint density at radius 2 is 1.91 bits per heavy atom. The Morgan fingerprint density at radius 3 is 2.61 bits per heavy atom. The number of morpholine rings is 1. The van der Waals surface area contributed by atoms with Crippen molar-refractivity contribution in [3.05, 3.63) is 24.3 Å². The molecule has 1 unspecified atom stereocenters. The Bertz CT molecular complexity index is 688. The molecule has 0 aromatic heterocycles. The molecule has 1 aromatic rings. The highest BCUT2D eigenvalue weighted by molar-refractivity contribution is 8.13. The van der Waals surface area contributed by atoms with Gasteiger partial charge in [-0.2, -0.15) is 0 Å². The van der Waals surface area contributed by atoms with Crippen molar-refractivity contribution in [2.75, 3.05) is 48.4 Å². The molecule has 0 aliphatic carbocycles. The number of rotatable bonds is 4. The lowest BCUT2D eigenvalue weighted by molar-refractivity contribution is -0.117. The van der Waals surface area contributed by atoms with Gasteiger partial charge in [0.15, 0.2) is 0 Å². The first-order chi connectivity index (χ1) is 10.9. The van der Waals surface area contributed by atoms with Crippen molar-refractivity contribution in [2.45, 2.75) is 6.42 Å². The normalized spacial score (nSPS) is 22.7. The van der Waals surface area contributed by atoms with Crippen LogP contribution < -0.4 is 9.80 Å². The maximum Gasteiger partial charge on any atom is 0.232 e. The van der Waals surface area contributed by atoms with E-state index in [4.69, 9.17) is 15.4 Å². The van der Waals surface area contributed by atoms with Gasteiger partial charge in [-0.05, 0) is 18.2 Å². The topological polar surface area (TPSA) is 66.9 Å². The smallest absolute Gasteiger partial charge is 0.232 e. The summed E-state index contributed by atoms with van der Waals surface area (Å²) in [7, 11) is 1.71. The number of nitrogens with zero attached hydrogens (tertiary/aromatic N) is 2. The van der Waals surface area contributed by atoms with Gasteiger partial charge in [-0.1, -0.05) is 6.07 Å². The summed E-state index contributed by atoms with van der Waals surface area (Å²) >= 11 is 0. The Hall–Kier alpha value is -1.31. The molecule has 2 aliphatic rings. The molecule has 6 nitrogen and oxygen atoms in total. The molecule has 8 heteroatoms. The van der Waals surface area contributed by atoms with Crippen molar-refractivity contribution in [1.29, 1.82) is 0 Å². The molecular weight excluding hydrogens is 340 g/mol. The van der Waals surface area contributed by atoms with Gasteiger partial charge in [-0.25, -0.2) is 8.42 Å². The van der Waals surface area contributed by atoms with Gasteiger partial charge in [0, 0.05) is 54.0 Å². The minimum Gasteiger partial charge on any atom is -0.378 e. The highest BCUT2D eigenvalue weighted by Crippen LogP contribution is 2.29. The van der Waals surface area contributed by atoms with Crippen LogP contribution >= 0.6 is 10.7 Å². The summed E-state index contributed by atoms with van der Waals surface area (Å²) < 4.78 is 27.8. The van der Waals surface area contributed by atoms with E-state index in [1.807, 2.05) is 24.3 Å². The molecule has 0 saturated carbocycles. The molecule has 0 bridgehead atoms. The molecule has 2 heterocycles. The lowest BCUT2D eigenvalue weighted by Gasteiger charge is -2.29. The van der Waals surface area contributed by atoms with E-state index in [-0.39, 0.29) is 24.0 Å². The van der Waals surface area contributed by atoms with Crippen molar-refractivity contribution in [1.82, 2.24) is 0 Å². The van der Waals surface area contributed by atoms with Crippen LogP contribution in [0, 0.1) is 5.92 Å². The van der Waals surface area contributed by atoms with E-state index in [0.29, 0.717) is 19.8 Å². The second-order valence-corrected chi connectivity index (χ2v) is 8.72. The zero-order chi connectivity index (χ0) is 16.4. The van der Waals surface area contributed by atoms with Crippen LogP contribution in [0.25, 0.3) is 0 Å². The van der Waals surface area contributed by atoms with Gasteiger partial charge in [-0.15, -0.1) is 0 Å². The number of hydrogen-bond acceptors (Lipinski definition) is 5. The minimum absolute atomic E-state index is 0.0607. The van der Waals surface area contributed by atoms with E-state index in [0.717, 1.165) is 24.5 Å². The van der Waals surface area contributed by atoms with Crippen molar-refractivity contribution in [3.63, 3.8) is 0 Å². The van der Waals surface area contributed by atoms with Crippen molar-refractivity contribution >= 4 is 37.0 Å². The molecule has 2 aliphatic heterocycles. The summed E-state index contributed by atoms with van der Waals surface area (Å²) in [6, 6.07) is 7.77. The Morgan fingerprint density at radius 1 is 1.22 bits per heavy atom. The van der Waals surface area contributed by atoms with Crippen molar-refractivity contribution in [2.24, 2.45) is 5.92 Å². The number of benzene rings is 1.